The van der Waals surface area contributed by atoms with Gasteiger partial charge in [-0.15, -0.1) is 0 Å². The van der Waals surface area contributed by atoms with Crippen LogP contribution in [0.25, 0.3) is 0 Å². The van der Waals surface area contributed by atoms with Crippen LogP contribution in [-0.2, 0) is 0 Å². The first kappa shape index (κ1) is 11.3. The number of thioether (sulfide) groups is 1. The molecule has 0 aromatic carbocycles. The summed E-state index contributed by atoms with van der Waals surface area (Å²) in [4.78, 5) is 0. The van der Waals surface area contributed by atoms with E-state index in [2.05, 4.69) is 11.3 Å². The third kappa shape index (κ3) is 2.60. The zero-order valence-electron chi connectivity index (χ0n) is 6.77. The van der Waals surface area contributed by atoms with Crippen molar-refractivity contribution in [1.29, 1.82) is 0 Å². The second kappa shape index (κ2) is 3.76. The van der Waals surface area contributed by atoms with Gasteiger partial charge in [-0.1, -0.05) is 0 Å². The highest BCUT2D eigenvalue weighted by Gasteiger charge is 2.33. The number of hydrogen-bond donors (Lipinski definition) is 0. The fourth-order valence-electron chi connectivity index (χ4n) is 0.759. The number of alkyl halides is 5. The predicted octanol–water partition coefficient (Wildman–Crippen LogP) is 3.00. The van der Waals surface area contributed by atoms with Gasteiger partial charge in [0.15, 0.2) is 0 Å². The van der Waals surface area contributed by atoms with Gasteiger partial charge in [0, 0.05) is 17.3 Å². The van der Waals surface area contributed by atoms with Crippen LogP contribution in [0.4, 0.5) is 22.0 Å². The molecule has 0 aliphatic rings. The van der Waals surface area contributed by atoms with Gasteiger partial charge in [-0.3, -0.25) is 0 Å². The summed E-state index contributed by atoms with van der Waals surface area (Å²) in [6.07, 6.45) is 2.05. The van der Waals surface area contributed by atoms with Crippen LogP contribution in [0.2, 0.25) is 0 Å². The van der Waals surface area contributed by atoms with Gasteiger partial charge >= 0.3 is 12.1 Å². The third-order valence-corrected chi connectivity index (χ3v) is 2.17. The second-order valence-corrected chi connectivity index (χ2v) is 3.37. The normalized spacial score (nSPS) is 12.5. The maximum Gasteiger partial charge on any atom is 0.447 e. The van der Waals surface area contributed by atoms with Crippen molar-refractivity contribution in [2.24, 2.45) is 0 Å². The average Bonchev–Trinajstić information content (AvgIpc) is 2.29. The molecular formula is C6H4F5N2S. The summed E-state index contributed by atoms with van der Waals surface area (Å²) in [6.45, 7) is -1.86. The zero-order chi connectivity index (χ0) is 10.9. The minimum absolute atomic E-state index is 0.00646. The summed E-state index contributed by atoms with van der Waals surface area (Å²) in [6, 6.07) is 0. The summed E-state index contributed by atoms with van der Waals surface area (Å²) < 4.78 is 59.9. The molecule has 0 aliphatic heterocycles. The van der Waals surface area contributed by atoms with Gasteiger partial charge in [0.1, 0.15) is 11.2 Å². The molecule has 79 valence electrons. The Balaban J connectivity index is 3.00. The van der Waals surface area contributed by atoms with Crippen molar-refractivity contribution in [2.75, 3.05) is 0 Å². The molecule has 1 aromatic heterocycles. The van der Waals surface area contributed by atoms with E-state index in [0.717, 1.165) is 0 Å². The van der Waals surface area contributed by atoms with Crippen LogP contribution in [0.1, 0.15) is 12.1 Å². The van der Waals surface area contributed by atoms with Crippen molar-refractivity contribution in [3.8, 4) is 0 Å². The molecule has 0 N–H and O–H groups in total. The quantitative estimate of drug-likeness (QED) is 0.575. The Labute approximate surface area is 80.1 Å². The minimum atomic E-state index is -4.61. The van der Waals surface area contributed by atoms with Gasteiger partial charge in [-0.05, 0) is 6.92 Å². The van der Waals surface area contributed by atoms with Crippen LogP contribution in [0.5, 0.6) is 0 Å². The minimum Gasteiger partial charge on any atom is -0.196 e. The summed E-state index contributed by atoms with van der Waals surface area (Å²) in [5.41, 5.74) is -4.65. The molecular weight excluding hydrogens is 227 g/mol. The highest BCUT2D eigenvalue weighted by molar-refractivity contribution is 8.00. The number of aryl methyl sites for hydroxylation is 1. The lowest BCUT2D eigenvalue weighted by atomic mass is 10.4. The first-order valence-corrected chi connectivity index (χ1v) is 4.13. The smallest absolute Gasteiger partial charge is 0.196 e. The summed E-state index contributed by atoms with van der Waals surface area (Å²) in [5, 5.41) is 2.39. The van der Waals surface area contributed by atoms with Crippen molar-refractivity contribution in [1.82, 2.24) is 9.78 Å². The number of hydrogen-bond acceptors (Lipinski definition) is 2. The molecule has 8 heteroatoms. The molecule has 0 fully saturated rings. The van der Waals surface area contributed by atoms with Crippen molar-refractivity contribution in [3.63, 3.8) is 0 Å². The summed E-state index contributed by atoms with van der Waals surface area (Å²) in [7, 11) is 0. The SMILES string of the molecule is Cc1[c]nn(C(F)F)c1SC(F)(F)F. The predicted molar refractivity (Wildman–Crippen MR) is 39.0 cm³/mol. The van der Waals surface area contributed by atoms with Crippen molar-refractivity contribution < 1.29 is 22.0 Å². The van der Waals surface area contributed by atoms with E-state index in [9.17, 15) is 22.0 Å². The maximum atomic E-state index is 12.1. The van der Waals surface area contributed by atoms with Crippen LogP contribution >= 0.6 is 11.8 Å². The van der Waals surface area contributed by atoms with Crippen molar-refractivity contribution in [2.45, 2.75) is 24.0 Å². The number of rotatable bonds is 2. The topological polar surface area (TPSA) is 17.8 Å². The van der Waals surface area contributed by atoms with E-state index in [1.54, 1.807) is 0 Å². The lowest BCUT2D eigenvalue weighted by Crippen LogP contribution is -2.07. The van der Waals surface area contributed by atoms with E-state index < -0.39 is 28.8 Å². The lowest BCUT2D eigenvalue weighted by molar-refractivity contribution is -0.0337. The molecule has 0 saturated heterocycles. The van der Waals surface area contributed by atoms with Gasteiger partial charge in [0.25, 0.3) is 0 Å². The molecule has 0 amide bonds. The molecule has 0 bridgehead atoms. The van der Waals surface area contributed by atoms with Gasteiger partial charge in [0.05, 0.1) is 0 Å². The standard InChI is InChI=1S/C6H4F5N2S/c1-3-2-12-13(5(7)8)4(3)14-6(9,10)11/h5H,1H3. The molecule has 0 spiro atoms. The van der Waals surface area contributed by atoms with Crippen LogP contribution < -0.4 is 0 Å². The summed E-state index contributed by atoms with van der Waals surface area (Å²) >= 11 is -0.622. The third-order valence-electron chi connectivity index (χ3n) is 1.25. The molecule has 1 heterocycles. The fourth-order valence-corrected chi connectivity index (χ4v) is 1.39. The largest absolute Gasteiger partial charge is 0.447 e. The summed E-state index contributed by atoms with van der Waals surface area (Å²) in [5.74, 6) is 0. The van der Waals surface area contributed by atoms with E-state index in [4.69, 9.17) is 0 Å². The lowest BCUT2D eigenvalue weighted by Gasteiger charge is -2.08. The van der Waals surface area contributed by atoms with Crippen molar-refractivity contribution in [3.05, 3.63) is 11.8 Å². The molecule has 0 saturated carbocycles. The van der Waals surface area contributed by atoms with Crippen molar-refractivity contribution >= 4 is 11.8 Å². The van der Waals surface area contributed by atoms with Crippen LogP contribution in [0, 0.1) is 13.1 Å². The van der Waals surface area contributed by atoms with Gasteiger partial charge in [-0.2, -0.15) is 31.7 Å². The van der Waals surface area contributed by atoms with Crippen LogP contribution in [0.3, 0.4) is 0 Å². The monoisotopic (exact) mass is 231 g/mol. The van der Waals surface area contributed by atoms with Crippen LogP contribution in [0.15, 0.2) is 5.03 Å². The van der Waals surface area contributed by atoms with Gasteiger partial charge in [0.2, 0.25) is 0 Å². The highest BCUT2D eigenvalue weighted by Crippen LogP contribution is 2.39. The Hall–Kier alpha value is -0.790. The molecule has 1 radical (unpaired) electrons. The first-order chi connectivity index (χ1) is 6.31. The number of aromatic nitrogens is 2. The molecule has 0 atom stereocenters. The zero-order valence-corrected chi connectivity index (χ0v) is 7.59. The Morgan fingerprint density at radius 1 is 1.43 bits per heavy atom. The molecule has 1 aromatic rings. The number of nitrogens with zero attached hydrogens (tertiary/aromatic N) is 2. The molecule has 14 heavy (non-hydrogen) atoms. The molecule has 1 rings (SSSR count). The number of halogens is 5. The van der Waals surface area contributed by atoms with Gasteiger partial charge < -0.3 is 0 Å². The molecule has 0 aliphatic carbocycles. The molecule has 0 unspecified atom stereocenters. The fraction of sp³-hybridized carbons (Fsp3) is 0.500. The first-order valence-electron chi connectivity index (χ1n) is 3.32. The Morgan fingerprint density at radius 2 is 2.00 bits per heavy atom. The van der Waals surface area contributed by atoms with Gasteiger partial charge in [-0.25, -0.2) is 0 Å². The maximum absolute atomic E-state index is 12.1. The Bertz CT molecular complexity index is 319. The average molecular weight is 231 g/mol. The van der Waals surface area contributed by atoms with Crippen LogP contribution in [-0.4, -0.2) is 15.3 Å². The van der Waals surface area contributed by atoms with E-state index in [0.29, 0.717) is 0 Å². The van der Waals surface area contributed by atoms with E-state index in [1.165, 1.54) is 6.92 Å². The van der Waals surface area contributed by atoms with E-state index >= 15 is 0 Å². The molecule has 2 nitrogen and oxygen atoms in total. The van der Waals surface area contributed by atoms with E-state index in [-0.39, 0.29) is 10.2 Å². The van der Waals surface area contributed by atoms with E-state index in [1.807, 2.05) is 0 Å². The highest BCUT2D eigenvalue weighted by atomic mass is 32.2. The Morgan fingerprint density at radius 3 is 2.43 bits per heavy atom. The Kier molecular flexibility index (Phi) is 3.03. The second-order valence-electron chi connectivity index (χ2n) is 2.31.